The maximum absolute atomic E-state index is 10.3. The molecule has 0 aliphatic carbocycles. The van der Waals surface area contributed by atoms with Gasteiger partial charge in [0, 0.05) is 31.7 Å². The lowest BCUT2D eigenvalue weighted by molar-refractivity contribution is -0.0272. The molecule has 3 atom stereocenters. The van der Waals surface area contributed by atoms with Crippen molar-refractivity contribution < 1.29 is 5.11 Å². The summed E-state index contributed by atoms with van der Waals surface area (Å²) in [6, 6.07) is 1.05. The van der Waals surface area contributed by atoms with Crippen LogP contribution in [0.2, 0.25) is 0 Å². The summed E-state index contributed by atoms with van der Waals surface area (Å²) in [5.74, 6) is 0.304. The van der Waals surface area contributed by atoms with E-state index in [4.69, 9.17) is 0 Å². The minimum atomic E-state index is -0.573. The first kappa shape index (κ1) is 12.9. The van der Waals surface area contributed by atoms with Crippen molar-refractivity contribution in [2.75, 3.05) is 19.6 Å². The van der Waals surface area contributed by atoms with E-state index in [9.17, 15) is 5.11 Å². The molecule has 3 unspecified atom stereocenters. The van der Waals surface area contributed by atoms with Crippen LogP contribution in [0.4, 0.5) is 0 Å². The molecule has 3 heteroatoms. The topological polar surface area (TPSA) is 35.5 Å². The number of aliphatic hydroxyl groups is 1. The molecule has 2 N–H and O–H groups in total. The van der Waals surface area contributed by atoms with E-state index in [0.29, 0.717) is 18.0 Å². The Balaban J connectivity index is 2.50. The van der Waals surface area contributed by atoms with Gasteiger partial charge in [0.05, 0.1) is 5.60 Å². The third-order valence-electron chi connectivity index (χ3n) is 3.42. The molecule has 0 radical (unpaired) electrons. The summed E-state index contributed by atoms with van der Waals surface area (Å²) in [7, 11) is 0. The number of nitrogens with zero attached hydrogens (tertiary/aromatic N) is 1. The first-order valence-electron chi connectivity index (χ1n) is 6.02. The smallest absolute Gasteiger partial charge is 0.0768 e. The Kier molecular flexibility index (Phi) is 4.15. The third-order valence-corrected chi connectivity index (χ3v) is 3.42. The normalized spacial score (nSPS) is 33.0. The molecule has 1 rings (SSSR count). The summed E-state index contributed by atoms with van der Waals surface area (Å²) in [6.07, 6.45) is 0. The highest BCUT2D eigenvalue weighted by atomic mass is 16.3. The van der Waals surface area contributed by atoms with E-state index in [-0.39, 0.29) is 0 Å². The van der Waals surface area contributed by atoms with Crippen molar-refractivity contribution in [2.24, 2.45) is 5.92 Å². The second kappa shape index (κ2) is 4.81. The van der Waals surface area contributed by atoms with Crippen LogP contribution < -0.4 is 5.32 Å². The Bertz CT molecular complexity index is 194. The summed E-state index contributed by atoms with van der Waals surface area (Å²) in [6.45, 7) is 13.3. The number of β-amino-alcohol motifs (C(OH)–C–C–N with tert-alkyl or cyclic N) is 1. The van der Waals surface area contributed by atoms with Gasteiger partial charge in [0.15, 0.2) is 0 Å². The van der Waals surface area contributed by atoms with Gasteiger partial charge in [-0.15, -0.1) is 0 Å². The van der Waals surface area contributed by atoms with Gasteiger partial charge in [-0.3, -0.25) is 4.90 Å². The summed E-state index contributed by atoms with van der Waals surface area (Å²) in [5.41, 5.74) is -0.573. The zero-order valence-electron chi connectivity index (χ0n) is 10.7. The standard InChI is InChI=1S/C12H26N2O/c1-9(2)12(5,15)8-14-6-10(3)13-11(4)7-14/h9-11,13,15H,6-8H2,1-5H3. The summed E-state index contributed by atoms with van der Waals surface area (Å²) in [4.78, 5) is 2.37. The Morgan fingerprint density at radius 3 is 2.20 bits per heavy atom. The molecule has 1 saturated heterocycles. The van der Waals surface area contributed by atoms with Crippen molar-refractivity contribution in [3.05, 3.63) is 0 Å². The Hall–Kier alpha value is -0.120. The average molecular weight is 214 g/mol. The Morgan fingerprint density at radius 1 is 1.33 bits per heavy atom. The highest BCUT2D eigenvalue weighted by Crippen LogP contribution is 2.19. The van der Waals surface area contributed by atoms with Crippen molar-refractivity contribution in [1.82, 2.24) is 10.2 Å². The number of hydrogen-bond donors (Lipinski definition) is 2. The molecule has 0 aromatic heterocycles. The van der Waals surface area contributed by atoms with Gasteiger partial charge >= 0.3 is 0 Å². The van der Waals surface area contributed by atoms with E-state index in [1.54, 1.807) is 0 Å². The second-order valence-electron chi connectivity index (χ2n) is 5.67. The largest absolute Gasteiger partial charge is 0.389 e. The zero-order chi connectivity index (χ0) is 11.6. The molecule has 0 aromatic carbocycles. The van der Waals surface area contributed by atoms with Gasteiger partial charge in [-0.1, -0.05) is 13.8 Å². The molecular weight excluding hydrogens is 188 g/mol. The number of nitrogens with one attached hydrogen (secondary N) is 1. The van der Waals surface area contributed by atoms with Crippen LogP contribution in [0, 0.1) is 5.92 Å². The molecule has 1 fully saturated rings. The molecule has 0 saturated carbocycles. The van der Waals surface area contributed by atoms with Crippen LogP contribution in [0.25, 0.3) is 0 Å². The van der Waals surface area contributed by atoms with Crippen molar-refractivity contribution in [3.8, 4) is 0 Å². The monoisotopic (exact) mass is 214 g/mol. The first-order valence-corrected chi connectivity index (χ1v) is 6.02. The van der Waals surface area contributed by atoms with Crippen LogP contribution in [0.5, 0.6) is 0 Å². The maximum atomic E-state index is 10.3. The van der Waals surface area contributed by atoms with Gasteiger partial charge in [-0.05, 0) is 26.7 Å². The highest BCUT2D eigenvalue weighted by molar-refractivity contribution is 4.87. The van der Waals surface area contributed by atoms with E-state index in [2.05, 4.69) is 37.9 Å². The zero-order valence-corrected chi connectivity index (χ0v) is 10.7. The van der Waals surface area contributed by atoms with Crippen LogP contribution in [0.3, 0.4) is 0 Å². The maximum Gasteiger partial charge on any atom is 0.0768 e. The first-order chi connectivity index (χ1) is 6.81. The fourth-order valence-electron chi connectivity index (χ4n) is 2.20. The summed E-state index contributed by atoms with van der Waals surface area (Å²) < 4.78 is 0. The van der Waals surface area contributed by atoms with Gasteiger partial charge in [0.25, 0.3) is 0 Å². The fraction of sp³-hybridized carbons (Fsp3) is 1.00. The van der Waals surface area contributed by atoms with E-state index in [0.717, 1.165) is 19.6 Å². The predicted octanol–water partition coefficient (Wildman–Crippen LogP) is 1.08. The molecule has 1 heterocycles. The Labute approximate surface area is 93.9 Å². The van der Waals surface area contributed by atoms with Crippen LogP contribution in [-0.2, 0) is 0 Å². The average Bonchev–Trinajstić information content (AvgIpc) is 1.99. The molecule has 15 heavy (non-hydrogen) atoms. The minimum absolute atomic E-state index is 0.304. The number of hydrogen-bond acceptors (Lipinski definition) is 3. The lowest BCUT2D eigenvalue weighted by Gasteiger charge is -2.41. The fourth-order valence-corrected chi connectivity index (χ4v) is 2.20. The molecule has 0 aromatic rings. The van der Waals surface area contributed by atoms with Crippen LogP contribution in [-0.4, -0.2) is 47.3 Å². The van der Waals surface area contributed by atoms with Gasteiger partial charge < -0.3 is 10.4 Å². The molecule has 1 aliphatic rings. The third kappa shape index (κ3) is 3.74. The minimum Gasteiger partial charge on any atom is -0.389 e. The molecule has 0 amide bonds. The number of piperazine rings is 1. The van der Waals surface area contributed by atoms with Crippen molar-refractivity contribution in [1.29, 1.82) is 0 Å². The quantitative estimate of drug-likeness (QED) is 0.738. The number of rotatable bonds is 3. The van der Waals surface area contributed by atoms with Crippen LogP contribution >= 0.6 is 0 Å². The van der Waals surface area contributed by atoms with Gasteiger partial charge in [0.2, 0.25) is 0 Å². The van der Waals surface area contributed by atoms with Crippen molar-refractivity contribution >= 4 is 0 Å². The molecule has 1 aliphatic heterocycles. The molecule has 90 valence electrons. The van der Waals surface area contributed by atoms with Crippen molar-refractivity contribution in [3.63, 3.8) is 0 Å². The van der Waals surface area contributed by atoms with E-state index in [1.807, 2.05) is 6.92 Å². The van der Waals surface area contributed by atoms with Gasteiger partial charge in [0.1, 0.15) is 0 Å². The van der Waals surface area contributed by atoms with E-state index < -0.39 is 5.60 Å². The van der Waals surface area contributed by atoms with Crippen molar-refractivity contribution in [2.45, 2.75) is 52.3 Å². The lowest BCUT2D eigenvalue weighted by Crippen LogP contribution is -2.57. The Morgan fingerprint density at radius 2 is 1.80 bits per heavy atom. The molecule has 0 spiro atoms. The summed E-state index contributed by atoms with van der Waals surface area (Å²) in [5, 5.41) is 13.8. The van der Waals surface area contributed by atoms with Gasteiger partial charge in [-0.2, -0.15) is 0 Å². The van der Waals surface area contributed by atoms with E-state index >= 15 is 0 Å². The lowest BCUT2D eigenvalue weighted by atomic mass is 9.91. The summed E-state index contributed by atoms with van der Waals surface area (Å²) >= 11 is 0. The highest BCUT2D eigenvalue weighted by Gasteiger charge is 2.30. The molecule has 0 bridgehead atoms. The molecular formula is C12H26N2O. The van der Waals surface area contributed by atoms with E-state index in [1.165, 1.54) is 0 Å². The van der Waals surface area contributed by atoms with Crippen LogP contribution in [0.15, 0.2) is 0 Å². The van der Waals surface area contributed by atoms with Crippen LogP contribution in [0.1, 0.15) is 34.6 Å². The SMILES string of the molecule is CC1CN(CC(C)(O)C(C)C)CC(C)N1. The molecule has 3 nitrogen and oxygen atoms in total. The second-order valence-corrected chi connectivity index (χ2v) is 5.67. The van der Waals surface area contributed by atoms with Gasteiger partial charge in [-0.25, -0.2) is 0 Å². The predicted molar refractivity (Wildman–Crippen MR) is 64.0 cm³/mol.